The quantitative estimate of drug-likeness (QED) is 0.180. The molecule has 0 bridgehead atoms. The molecular formula is C35H27N3S. The maximum Gasteiger partial charge on any atom is 0.0710 e. The number of nitrogens with zero attached hydrogens (tertiary/aromatic N) is 1. The van der Waals surface area contributed by atoms with Gasteiger partial charge in [-0.05, 0) is 46.4 Å². The molecule has 39 heavy (non-hydrogen) atoms. The molecule has 1 atom stereocenters. The zero-order valence-electron chi connectivity index (χ0n) is 21.3. The third-order valence-corrected chi connectivity index (χ3v) is 8.71. The van der Waals surface area contributed by atoms with Crippen molar-refractivity contribution in [2.45, 2.75) is 6.04 Å². The van der Waals surface area contributed by atoms with Gasteiger partial charge in [-0.15, -0.1) is 11.3 Å². The molecule has 1 aromatic heterocycles. The molecule has 0 radical (unpaired) electrons. The third kappa shape index (κ3) is 3.89. The summed E-state index contributed by atoms with van der Waals surface area (Å²) in [6.45, 7) is 4.53. The lowest BCUT2D eigenvalue weighted by molar-refractivity contribution is 0.637. The molecule has 0 amide bonds. The van der Waals surface area contributed by atoms with E-state index in [0.29, 0.717) is 0 Å². The smallest absolute Gasteiger partial charge is 0.0710 e. The summed E-state index contributed by atoms with van der Waals surface area (Å²) in [5.74, 6) is 5.99. The fourth-order valence-corrected chi connectivity index (χ4v) is 7.02. The molecule has 0 saturated heterocycles. The molecule has 0 saturated carbocycles. The topological polar surface area (TPSA) is 41.3 Å². The van der Waals surface area contributed by atoms with Gasteiger partial charge >= 0.3 is 0 Å². The average Bonchev–Trinajstić information content (AvgIpc) is 3.36. The molecular weight excluding hydrogens is 494 g/mol. The van der Waals surface area contributed by atoms with E-state index < -0.39 is 0 Å². The average molecular weight is 522 g/mol. The summed E-state index contributed by atoms with van der Waals surface area (Å²) in [5, 5.41) is 5.06. The normalized spacial score (nSPS) is 15.7. The highest BCUT2D eigenvalue weighted by atomic mass is 32.1. The predicted molar refractivity (Wildman–Crippen MR) is 168 cm³/mol. The molecule has 5 aromatic carbocycles. The minimum absolute atomic E-state index is 0.0860. The molecule has 1 aliphatic heterocycles. The van der Waals surface area contributed by atoms with Gasteiger partial charge in [0.05, 0.1) is 11.7 Å². The Kier molecular flexibility index (Phi) is 5.86. The van der Waals surface area contributed by atoms with E-state index in [0.717, 1.165) is 28.1 Å². The minimum atomic E-state index is -0.0860. The van der Waals surface area contributed by atoms with Crippen LogP contribution in [0, 0.1) is 0 Å². The Morgan fingerprint density at radius 2 is 1.38 bits per heavy atom. The van der Waals surface area contributed by atoms with Crippen LogP contribution in [0.4, 0.5) is 11.4 Å². The number of rotatable bonds is 4. The van der Waals surface area contributed by atoms with E-state index in [2.05, 4.69) is 126 Å². The number of thiophene rings is 1. The van der Waals surface area contributed by atoms with Gasteiger partial charge in [0, 0.05) is 43.0 Å². The molecule has 1 unspecified atom stereocenters. The fourth-order valence-electron chi connectivity index (χ4n) is 5.73. The van der Waals surface area contributed by atoms with E-state index in [9.17, 15) is 0 Å². The van der Waals surface area contributed by atoms with Crippen LogP contribution in [0.2, 0.25) is 0 Å². The zero-order valence-corrected chi connectivity index (χ0v) is 22.2. The molecule has 3 N–H and O–H groups in total. The summed E-state index contributed by atoms with van der Waals surface area (Å²) >= 11 is 1.85. The number of allylic oxidation sites excluding steroid dienone is 4. The SMILES string of the molecule is C=C1/C=C\C=C/N(c2ccc(C(NN)c3ccccc3)cc2)c2c1c1sc3ccccc3c1c1ccccc21. The standard InChI is InChI=1S/C35H27N3S/c1-23-11-9-10-22-38(26-20-18-25(19-21-26)33(37-36)24-12-3-2-4-13-24)34-28-15-6-5-14-27(28)32-29-16-7-8-17-30(29)39-35(32)31(23)34/h2-22,33,37H,1,36H2/b11-9-,22-10-. The Bertz CT molecular complexity index is 1910. The summed E-state index contributed by atoms with van der Waals surface area (Å²) in [5.41, 5.74) is 9.64. The van der Waals surface area contributed by atoms with Crippen LogP contribution in [0.3, 0.4) is 0 Å². The lowest BCUT2D eigenvalue weighted by Gasteiger charge is -2.28. The fraction of sp³-hybridized carbons (Fsp3) is 0.0286. The van der Waals surface area contributed by atoms with Crippen molar-refractivity contribution in [3.8, 4) is 0 Å². The van der Waals surface area contributed by atoms with Crippen LogP contribution in [0.25, 0.3) is 36.5 Å². The highest BCUT2D eigenvalue weighted by molar-refractivity contribution is 7.26. The third-order valence-electron chi connectivity index (χ3n) is 7.52. The maximum atomic E-state index is 5.99. The molecule has 2 heterocycles. The molecule has 0 spiro atoms. The molecule has 0 fully saturated rings. The first-order valence-electron chi connectivity index (χ1n) is 13.0. The zero-order chi connectivity index (χ0) is 26.3. The van der Waals surface area contributed by atoms with E-state index in [1.165, 1.54) is 36.5 Å². The van der Waals surface area contributed by atoms with Crippen LogP contribution in [0.15, 0.2) is 134 Å². The Hall–Kier alpha value is -4.48. The Morgan fingerprint density at radius 3 is 2.15 bits per heavy atom. The number of fused-ring (bicyclic) bond motifs is 8. The number of hydrogen-bond acceptors (Lipinski definition) is 4. The second-order valence-electron chi connectivity index (χ2n) is 9.77. The monoisotopic (exact) mass is 521 g/mol. The highest BCUT2D eigenvalue weighted by Crippen LogP contribution is 2.50. The Morgan fingerprint density at radius 1 is 0.718 bits per heavy atom. The Labute approximate surface area is 231 Å². The van der Waals surface area contributed by atoms with Crippen molar-refractivity contribution in [2.75, 3.05) is 4.90 Å². The van der Waals surface area contributed by atoms with Crippen molar-refractivity contribution in [2.24, 2.45) is 5.84 Å². The molecule has 3 nitrogen and oxygen atoms in total. The highest BCUT2D eigenvalue weighted by Gasteiger charge is 2.24. The predicted octanol–water partition coefficient (Wildman–Crippen LogP) is 9.00. The van der Waals surface area contributed by atoms with E-state index >= 15 is 0 Å². The van der Waals surface area contributed by atoms with Gasteiger partial charge in [0.1, 0.15) is 0 Å². The van der Waals surface area contributed by atoms with Gasteiger partial charge in [0.2, 0.25) is 0 Å². The van der Waals surface area contributed by atoms with Crippen molar-refractivity contribution in [3.63, 3.8) is 0 Å². The summed E-state index contributed by atoms with van der Waals surface area (Å²) in [7, 11) is 0. The number of nitrogens with two attached hydrogens (primary N) is 1. The van der Waals surface area contributed by atoms with Gasteiger partial charge in [-0.2, -0.15) is 0 Å². The molecule has 6 aromatic rings. The van der Waals surface area contributed by atoms with Crippen molar-refractivity contribution < 1.29 is 0 Å². The lowest BCUT2D eigenvalue weighted by Crippen LogP contribution is -2.28. The van der Waals surface area contributed by atoms with Crippen LogP contribution >= 0.6 is 11.3 Å². The van der Waals surface area contributed by atoms with Crippen LogP contribution in [0.1, 0.15) is 22.7 Å². The summed E-state index contributed by atoms with van der Waals surface area (Å²) in [6.07, 6.45) is 8.43. The van der Waals surface area contributed by atoms with Crippen LogP contribution < -0.4 is 16.2 Å². The molecule has 7 rings (SSSR count). The lowest BCUT2D eigenvalue weighted by atomic mass is 9.93. The Balaban J connectivity index is 1.46. The second-order valence-corrected chi connectivity index (χ2v) is 10.8. The van der Waals surface area contributed by atoms with Gasteiger partial charge in [0.15, 0.2) is 0 Å². The van der Waals surface area contributed by atoms with Gasteiger partial charge in [-0.1, -0.05) is 104 Å². The van der Waals surface area contributed by atoms with E-state index in [4.69, 9.17) is 5.84 Å². The van der Waals surface area contributed by atoms with Crippen LogP contribution in [-0.2, 0) is 0 Å². The first-order valence-corrected chi connectivity index (χ1v) is 13.9. The van der Waals surface area contributed by atoms with Crippen molar-refractivity contribution in [3.05, 3.63) is 151 Å². The van der Waals surface area contributed by atoms with Crippen molar-refractivity contribution in [1.29, 1.82) is 0 Å². The van der Waals surface area contributed by atoms with E-state index in [1.807, 2.05) is 29.5 Å². The molecule has 4 heteroatoms. The summed E-state index contributed by atoms with van der Waals surface area (Å²) in [4.78, 5) is 2.30. The number of nitrogens with one attached hydrogen (secondary N) is 1. The summed E-state index contributed by atoms with van der Waals surface area (Å²) in [6, 6.07) is 36.3. The van der Waals surface area contributed by atoms with Gasteiger partial charge in [-0.3, -0.25) is 5.84 Å². The number of hydrazine groups is 1. The second kappa shape index (κ2) is 9.68. The number of hydrogen-bond donors (Lipinski definition) is 2. The molecule has 0 aliphatic carbocycles. The first kappa shape index (κ1) is 23.6. The largest absolute Gasteiger partial charge is 0.316 e. The van der Waals surface area contributed by atoms with Gasteiger partial charge < -0.3 is 4.90 Å². The summed E-state index contributed by atoms with van der Waals surface area (Å²) < 4.78 is 2.56. The van der Waals surface area contributed by atoms with E-state index in [1.54, 1.807) is 0 Å². The van der Waals surface area contributed by atoms with Gasteiger partial charge in [0.25, 0.3) is 0 Å². The minimum Gasteiger partial charge on any atom is -0.316 e. The number of anilines is 2. The van der Waals surface area contributed by atoms with Crippen molar-refractivity contribution in [1.82, 2.24) is 5.43 Å². The maximum absolute atomic E-state index is 5.99. The molecule has 1 aliphatic rings. The van der Waals surface area contributed by atoms with Crippen molar-refractivity contribution >= 4 is 59.2 Å². The number of benzene rings is 5. The van der Waals surface area contributed by atoms with Crippen LogP contribution in [0.5, 0.6) is 0 Å². The molecule has 188 valence electrons. The van der Waals surface area contributed by atoms with Crippen LogP contribution in [-0.4, -0.2) is 0 Å². The van der Waals surface area contributed by atoms with E-state index in [-0.39, 0.29) is 6.04 Å². The first-order chi connectivity index (χ1) is 19.2. The van der Waals surface area contributed by atoms with Gasteiger partial charge in [-0.25, -0.2) is 5.43 Å².